The highest BCUT2D eigenvalue weighted by Gasteiger charge is 2.25. The molecule has 0 heterocycles. The van der Waals surface area contributed by atoms with Gasteiger partial charge in [-0.05, 0) is 42.9 Å². The first-order valence-corrected chi connectivity index (χ1v) is 8.02. The fourth-order valence-electron chi connectivity index (χ4n) is 2.04. The molecule has 5 heteroatoms. The molecule has 0 saturated heterocycles. The maximum Gasteiger partial charge on any atom is 0.407 e. The van der Waals surface area contributed by atoms with Crippen molar-refractivity contribution in [3.8, 4) is 0 Å². The van der Waals surface area contributed by atoms with Crippen molar-refractivity contribution < 1.29 is 14.3 Å². The van der Waals surface area contributed by atoms with Crippen LogP contribution in [0.15, 0.2) is 18.2 Å². The summed E-state index contributed by atoms with van der Waals surface area (Å²) in [6.07, 6.45) is -0.562. The Hall–Kier alpha value is -2.04. The highest BCUT2D eigenvalue weighted by atomic mass is 16.5. The first-order valence-electron chi connectivity index (χ1n) is 8.02. The summed E-state index contributed by atoms with van der Waals surface area (Å²) in [5.41, 5.74) is 2.89. The molecular formula is C18H28N2O3. The molecule has 1 aromatic carbocycles. The molecule has 0 spiro atoms. The summed E-state index contributed by atoms with van der Waals surface area (Å²) in [4.78, 5) is 24.3. The summed E-state index contributed by atoms with van der Waals surface area (Å²) in [6, 6.07) is 5.10. The van der Waals surface area contributed by atoms with Gasteiger partial charge in [0.25, 0.3) is 0 Å². The quantitative estimate of drug-likeness (QED) is 0.840. The van der Waals surface area contributed by atoms with Crippen LogP contribution in [0.4, 0.5) is 10.5 Å². The first kappa shape index (κ1) is 19.0. The molecular weight excluding hydrogens is 292 g/mol. The van der Waals surface area contributed by atoms with Gasteiger partial charge in [-0.1, -0.05) is 39.8 Å². The SMILES string of the molecule is Cc1cccc(NC(=O)C(NC(=O)OCC(C)C)C(C)C)c1C. The molecule has 0 radical (unpaired) electrons. The highest BCUT2D eigenvalue weighted by Crippen LogP contribution is 2.18. The standard InChI is InChI=1S/C18H28N2O3/c1-11(2)10-23-18(22)20-16(12(3)4)17(21)19-15-9-7-8-13(5)14(15)6/h7-9,11-12,16H,10H2,1-6H3,(H,19,21)(H,20,22). The van der Waals surface area contributed by atoms with Crippen LogP contribution in [0.25, 0.3) is 0 Å². The van der Waals surface area contributed by atoms with Gasteiger partial charge in [0.05, 0.1) is 6.61 Å². The Morgan fingerprint density at radius 2 is 1.78 bits per heavy atom. The molecule has 23 heavy (non-hydrogen) atoms. The Morgan fingerprint density at radius 1 is 1.13 bits per heavy atom. The van der Waals surface area contributed by atoms with Crippen molar-refractivity contribution in [3.63, 3.8) is 0 Å². The number of alkyl carbamates (subject to hydrolysis) is 1. The molecule has 0 bridgehead atoms. The molecule has 1 unspecified atom stereocenters. The number of hydrogen-bond donors (Lipinski definition) is 2. The van der Waals surface area contributed by atoms with Crippen molar-refractivity contribution in [2.45, 2.75) is 47.6 Å². The van der Waals surface area contributed by atoms with E-state index < -0.39 is 12.1 Å². The molecule has 128 valence electrons. The monoisotopic (exact) mass is 320 g/mol. The van der Waals surface area contributed by atoms with Gasteiger partial charge in [0.1, 0.15) is 6.04 Å². The van der Waals surface area contributed by atoms with Crippen LogP contribution in [0.3, 0.4) is 0 Å². The number of nitrogens with one attached hydrogen (secondary N) is 2. The summed E-state index contributed by atoms with van der Waals surface area (Å²) < 4.78 is 5.10. The second-order valence-electron chi connectivity index (χ2n) is 6.60. The van der Waals surface area contributed by atoms with Gasteiger partial charge >= 0.3 is 6.09 Å². The third kappa shape index (κ3) is 5.93. The zero-order chi connectivity index (χ0) is 17.6. The molecule has 0 saturated carbocycles. The molecule has 0 aliphatic carbocycles. The van der Waals surface area contributed by atoms with Gasteiger partial charge in [-0.3, -0.25) is 4.79 Å². The Bertz CT molecular complexity index is 553. The van der Waals surface area contributed by atoms with E-state index in [2.05, 4.69) is 10.6 Å². The maximum atomic E-state index is 12.5. The molecule has 2 amide bonds. The normalized spacial score (nSPS) is 12.2. The molecule has 0 fully saturated rings. The first-order chi connectivity index (χ1) is 10.7. The number of carbonyl (C=O) groups excluding carboxylic acids is 2. The number of amides is 2. The largest absolute Gasteiger partial charge is 0.449 e. The van der Waals surface area contributed by atoms with Crippen molar-refractivity contribution in [2.75, 3.05) is 11.9 Å². The minimum absolute atomic E-state index is 0.0493. The number of benzene rings is 1. The molecule has 1 atom stereocenters. The van der Waals surface area contributed by atoms with E-state index in [4.69, 9.17) is 4.74 Å². The van der Waals surface area contributed by atoms with Crippen LogP contribution in [0.1, 0.15) is 38.8 Å². The van der Waals surface area contributed by atoms with Crippen LogP contribution in [0, 0.1) is 25.7 Å². The lowest BCUT2D eigenvalue weighted by molar-refractivity contribution is -0.119. The number of ether oxygens (including phenoxy) is 1. The summed E-state index contributed by atoms with van der Waals surface area (Å²) in [7, 11) is 0. The Balaban J connectivity index is 2.75. The van der Waals surface area contributed by atoms with E-state index in [1.54, 1.807) is 0 Å². The smallest absolute Gasteiger partial charge is 0.407 e. The lowest BCUT2D eigenvalue weighted by Gasteiger charge is -2.22. The van der Waals surface area contributed by atoms with E-state index in [1.165, 1.54) is 0 Å². The zero-order valence-electron chi connectivity index (χ0n) is 14.9. The van der Waals surface area contributed by atoms with Crippen LogP contribution in [0.5, 0.6) is 0 Å². The van der Waals surface area contributed by atoms with Gasteiger partial charge in [0.15, 0.2) is 0 Å². The maximum absolute atomic E-state index is 12.5. The average Bonchev–Trinajstić information content (AvgIpc) is 2.46. The Kier molecular flexibility index (Phi) is 7.07. The fraction of sp³-hybridized carbons (Fsp3) is 0.556. The van der Waals surface area contributed by atoms with Gasteiger partial charge in [0, 0.05) is 5.69 Å². The van der Waals surface area contributed by atoms with Gasteiger partial charge in [-0.2, -0.15) is 0 Å². The van der Waals surface area contributed by atoms with Crippen LogP contribution >= 0.6 is 0 Å². The van der Waals surface area contributed by atoms with Crippen LogP contribution in [-0.2, 0) is 9.53 Å². The Morgan fingerprint density at radius 3 is 2.35 bits per heavy atom. The van der Waals surface area contributed by atoms with Crippen LogP contribution in [0.2, 0.25) is 0 Å². The van der Waals surface area contributed by atoms with E-state index in [1.807, 2.05) is 59.7 Å². The van der Waals surface area contributed by atoms with E-state index in [9.17, 15) is 9.59 Å². The Labute approximate surface area is 138 Å². The van der Waals surface area contributed by atoms with E-state index in [0.717, 1.165) is 16.8 Å². The van der Waals surface area contributed by atoms with Crippen molar-refractivity contribution in [1.29, 1.82) is 0 Å². The topological polar surface area (TPSA) is 67.4 Å². The second kappa shape index (κ2) is 8.56. The summed E-state index contributed by atoms with van der Waals surface area (Å²) in [5, 5.41) is 5.55. The van der Waals surface area contributed by atoms with E-state index in [0.29, 0.717) is 6.61 Å². The van der Waals surface area contributed by atoms with E-state index in [-0.39, 0.29) is 17.7 Å². The molecule has 2 N–H and O–H groups in total. The van der Waals surface area contributed by atoms with Crippen molar-refractivity contribution in [3.05, 3.63) is 29.3 Å². The third-order valence-electron chi connectivity index (χ3n) is 3.63. The summed E-state index contributed by atoms with van der Waals surface area (Å²) >= 11 is 0. The minimum atomic E-state index is -0.644. The number of anilines is 1. The van der Waals surface area contributed by atoms with Crippen molar-refractivity contribution >= 4 is 17.7 Å². The van der Waals surface area contributed by atoms with Crippen LogP contribution in [-0.4, -0.2) is 24.6 Å². The highest BCUT2D eigenvalue weighted by molar-refractivity contribution is 5.97. The van der Waals surface area contributed by atoms with Crippen molar-refractivity contribution in [1.82, 2.24) is 5.32 Å². The predicted octanol–water partition coefficient (Wildman–Crippen LogP) is 3.65. The summed E-state index contributed by atoms with van der Waals surface area (Å²) in [5.74, 6) is -0.0380. The lowest BCUT2D eigenvalue weighted by Crippen LogP contribution is -2.47. The van der Waals surface area contributed by atoms with Gasteiger partial charge in [0.2, 0.25) is 5.91 Å². The molecule has 0 aliphatic heterocycles. The molecule has 1 aromatic rings. The van der Waals surface area contributed by atoms with Crippen LogP contribution < -0.4 is 10.6 Å². The number of carbonyl (C=O) groups is 2. The third-order valence-corrected chi connectivity index (χ3v) is 3.63. The second-order valence-corrected chi connectivity index (χ2v) is 6.60. The minimum Gasteiger partial charge on any atom is -0.449 e. The molecule has 0 aromatic heterocycles. The number of hydrogen-bond acceptors (Lipinski definition) is 3. The zero-order valence-corrected chi connectivity index (χ0v) is 14.9. The lowest BCUT2D eigenvalue weighted by atomic mass is 10.0. The average molecular weight is 320 g/mol. The predicted molar refractivity (Wildman–Crippen MR) is 92.5 cm³/mol. The van der Waals surface area contributed by atoms with Crippen molar-refractivity contribution in [2.24, 2.45) is 11.8 Å². The van der Waals surface area contributed by atoms with Gasteiger partial charge in [-0.15, -0.1) is 0 Å². The summed E-state index contributed by atoms with van der Waals surface area (Å²) in [6.45, 7) is 12.0. The molecule has 5 nitrogen and oxygen atoms in total. The van der Waals surface area contributed by atoms with Gasteiger partial charge < -0.3 is 15.4 Å². The van der Waals surface area contributed by atoms with Gasteiger partial charge in [-0.25, -0.2) is 4.79 Å². The van der Waals surface area contributed by atoms with E-state index >= 15 is 0 Å². The molecule has 1 rings (SSSR count). The number of aryl methyl sites for hydroxylation is 1. The molecule has 0 aliphatic rings. The fourth-order valence-corrected chi connectivity index (χ4v) is 2.04. The number of rotatable bonds is 6.